The SMILES string of the molecule is O=S(=O)(O)n1ccc2ccccc21.c1ccccc1. The Balaban J connectivity index is 0.000000186. The zero-order valence-corrected chi connectivity index (χ0v) is 10.9. The van der Waals surface area contributed by atoms with Crippen molar-refractivity contribution in [1.29, 1.82) is 0 Å². The number of fused-ring (bicyclic) bond motifs is 1. The van der Waals surface area contributed by atoms with Crippen LogP contribution >= 0.6 is 0 Å². The van der Waals surface area contributed by atoms with Gasteiger partial charge < -0.3 is 0 Å². The Bertz CT molecular complexity index is 722. The smallest absolute Gasteiger partial charge is 0.269 e. The molecule has 3 rings (SSSR count). The summed E-state index contributed by atoms with van der Waals surface area (Å²) in [5, 5.41) is 0.778. The number of hydrogen-bond acceptors (Lipinski definition) is 2. The van der Waals surface area contributed by atoms with E-state index in [9.17, 15) is 8.42 Å². The van der Waals surface area contributed by atoms with Crippen LogP contribution in [0.3, 0.4) is 0 Å². The summed E-state index contributed by atoms with van der Waals surface area (Å²) in [5.74, 6) is 0. The van der Waals surface area contributed by atoms with E-state index in [1.54, 1.807) is 30.3 Å². The van der Waals surface area contributed by atoms with Gasteiger partial charge in [-0.1, -0.05) is 54.6 Å². The van der Waals surface area contributed by atoms with E-state index in [2.05, 4.69) is 0 Å². The predicted molar refractivity (Wildman–Crippen MR) is 75.3 cm³/mol. The normalized spacial score (nSPS) is 10.8. The summed E-state index contributed by atoms with van der Waals surface area (Å²) in [5.41, 5.74) is 0.477. The molecule has 0 atom stereocenters. The molecule has 1 heterocycles. The third-order valence-corrected chi connectivity index (χ3v) is 3.29. The van der Waals surface area contributed by atoms with Gasteiger partial charge in [-0.2, -0.15) is 8.42 Å². The Morgan fingerprint density at radius 1 is 0.789 bits per heavy atom. The van der Waals surface area contributed by atoms with Crippen molar-refractivity contribution in [2.45, 2.75) is 0 Å². The molecule has 19 heavy (non-hydrogen) atoms. The van der Waals surface area contributed by atoms with Crippen LogP contribution in [0.25, 0.3) is 10.9 Å². The van der Waals surface area contributed by atoms with Gasteiger partial charge in [-0.05, 0) is 12.1 Å². The van der Waals surface area contributed by atoms with Crippen molar-refractivity contribution in [3.8, 4) is 0 Å². The number of nitrogens with zero attached hydrogens (tertiary/aromatic N) is 1. The second-order valence-electron chi connectivity index (χ2n) is 3.80. The first-order valence-electron chi connectivity index (χ1n) is 5.63. The highest BCUT2D eigenvalue weighted by atomic mass is 32.2. The minimum absolute atomic E-state index is 0.477. The first-order valence-corrected chi connectivity index (χ1v) is 7.03. The molecule has 5 heteroatoms. The van der Waals surface area contributed by atoms with Crippen molar-refractivity contribution in [2.24, 2.45) is 0 Å². The van der Waals surface area contributed by atoms with Gasteiger partial charge in [0.15, 0.2) is 0 Å². The van der Waals surface area contributed by atoms with Crippen LogP contribution in [-0.2, 0) is 10.3 Å². The van der Waals surface area contributed by atoms with Crippen LogP contribution in [0.2, 0.25) is 0 Å². The monoisotopic (exact) mass is 275 g/mol. The van der Waals surface area contributed by atoms with Crippen molar-refractivity contribution in [3.63, 3.8) is 0 Å². The van der Waals surface area contributed by atoms with Crippen LogP contribution in [0.1, 0.15) is 0 Å². The van der Waals surface area contributed by atoms with E-state index in [1.807, 2.05) is 36.4 Å². The highest BCUT2D eigenvalue weighted by Gasteiger charge is 2.09. The van der Waals surface area contributed by atoms with Crippen LogP contribution in [-0.4, -0.2) is 16.9 Å². The average molecular weight is 275 g/mol. The van der Waals surface area contributed by atoms with E-state index in [4.69, 9.17) is 4.55 Å². The molecule has 0 spiro atoms. The second kappa shape index (κ2) is 5.69. The molecule has 0 fully saturated rings. The lowest BCUT2D eigenvalue weighted by Gasteiger charge is -1.98. The molecular weight excluding hydrogens is 262 g/mol. The lowest BCUT2D eigenvalue weighted by Crippen LogP contribution is -2.08. The topological polar surface area (TPSA) is 59.3 Å². The molecule has 1 N–H and O–H groups in total. The lowest BCUT2D eigenvalue weighted by atomic mass is 10.3. The van der Waals surface area contributed by atoms with Crippen LogP contribution in [0.4, 0.5) is 0 Å². The summed E-state index contributed by atoms with van der Waals surface area (Å²) in [6.07, 6.45) is 1.32. The zero-order chi connectivity index (χ0) is 13.7. The molecule has 3 aromatic rings. The van der Waals surface area contributed by atoms with E-state index < -0.39 is 10.3 Å². The molecule has 0 radical (unpaired) electrons. The Morgan fingerprint density at radius 3 is 1.84 bits per heavy atom. The van der Waals surface area contributed by atoms with Gasteiger partial charge >= 0.3 is 10.3 Å². The van der Waals surface area contributed by atoms with Gasteiger partial charge in [0.2, 0.25) is 0 Å². The maximum atomic E-state index is 10.8. The van der Waals surface area contributed by atoms with Crippen molar-refractivity contribution in [2.75, 3.05) is 0 Å². The number of para-hydroxylation sites is 1. The summed E-state index contributed by atoms with van der Waals surface area (Å²) < 4.78 is 31.3. The van der Waals surface area contributed by atoms with E-state index in [0.29, 0.717) is 5.52 Å². The van der Waals surface area contributed by atoms with E-state index in [1.165, 1.54) is 6.20 Å². The first-order chi connectivity index (χ1) is 9.09. The van der Waals surface area contributed by atoms with Crippen LogP contribution in [0.15, 0.2) is 72.9 Å². The predicted octanol–water partition coefficient (Wildman–Crippen LogP) is 2.98. The Labute approximate surface area is 111 Å². The first kappa shape index (κ1) is 13.3. The number of benzene rings is 2. The summed E-state index contributed by atoms with van der Waals surface area (Å²) in [4.78, 5) is 0. The minimum Gasteiger partial charge on any atom is -0.269 e. The van der Waals surface area contributed by atoms with Gasteiger partial charge in [0.25, 0.3) is 0 Å². The summed E-state index contributed by atoms with van der Waals surface area (Å²) in [6, 6.07) is 20.5. The Morgan fingerprint density at radius 2 is 1.32 bits per heavy atom. The average Bonchev–Trinajstić information content (AvgIpc) is 2.85. The van der Waals surface area contributed by atoms with Crippen LogP contribution in [0, 0.1) is 0 Å². The van der Waals surface area contributed by atoms with Gasteiger partial charge in [0.05, 0.1) is 5.52 Å². The summed E-state index contributed by atoms with van der Waals surface area (Å²) >= 11 is 0. The van der Waals surface area contributed by atoms with Gasteiger partial charge in [-0.3, -0.25) is 4.55 Å². The van der Waals surface area contributed by atoms with Gasteiger partial charge in [-0.25, -0.2) is 3.97 Å². The Kier molecular flexibility index (Phi) is 3.99. The molecule has 2 aromatic carbocycles. The second-order valence-corrected chi connectivity index (χ2v) is 5.09. The van der Waals surface area contributed by atoms with Gasteiger partial charge in [0.1, 0.15) is 0 Å². The fraction of sp³-hybridized carbons (Fsp3) is 0. The molecule has 0 aliphatic rings. The molecule has 0 bridgehead atoms. The van der Waals surface area contributed by atoms with Gasteiger partial charge in [-0.15, -0.1) is 0 Å². The molecule has 0 saturated heterocycles. The molecule has 0 unspecified atom stereocenters. The molecule has 4 nitrogen and oxygen atoms in total. The Hall–Kier alpha value is -2.11. The van der Waals surface area contributed by atoms with Crippen LogP contribution < -0.4 is 0 Å². The molecule has 98 valence electrons. The fourth-order valence-corrected chi connectivity index (χ4v) is 2.27. The summed E-state index contributed by atoms with van der Waals surface area (Å²) in [6.45, 7) is 0. The molecular formula is C14H13NO3S. The third-order valence-electron chi connectivity index (χ3n) is 2.48. The highest BCUT2D eigenvalue weighted by Crippen LogP contribution is 2.16. The highest BCUT2D eigenvalue weighted by molar-refractivity contribution is 7.84. The maximum absolute atomic E-state index is 10.8. The molecule has 0 aliphatic heterocycles. The standard InChI is InChI=1S/C8H7NO3S.C6H6/c10-13(11,12)9-6-5-7-3-1-2-4-8(7)9;1-2-4-6-5-3-1/h1-6H,(H,10,11,12);1-6H. The van der Waals surface area contributed by atoms with E-state index in [-0.39, 0.29) is 0 Å². The largest absolute Gasteiger partial charge is 0.363 e. The quantitative estimate of drug-likeness (QED) is 0.694. The third kappa shape index (κ3) is 3.43. The number of hydrogen-bond donors (Lipinski definition) is 1. The zero-order valence-electron chi connectivity index (χ0n) is 10.0. The van der Waals surface area contributed by atoms with E-state index in [0.717, 1.165) is 9.36 Å². The molecule has 0 aliphatic carbocycles. The molecule has 0 amide bonds. The minimum atomic E-state index is -4.17. The van der Waals surface area contributed by atoms with Crippen molar-refractivity contribution in [1.82, 2.24) is 3.97 Å². The van der Waals surface area contributed by atoms with Crippen molar-refractivity contribution in [3.05, 3.63) is 72.9 Å². The van der Waals surface area contributed by atoms with Gasteiger partial charge in [0, 0.05) is 11.6 Å². The summed E-state index contributed by atoms with van der Waals surface area (Å²) in [7, 11) is -4.17. The number of aromatic nitrogens is 1. The number of rotatable bonds is 1. The van der Waals surface area contributed by atoms with E-state index >= 15 is 0 Å². The lowest BCUT2D eigenvalue weighted by molar-refractivity contribution is 0.474. The fourth-order valence-electron chi connectivity index (χ4n) is 1.64. The molecule has 1 aromatic heterocycles. The molecule has 0 saturated carbocycles. The maximum Gasteiger partial charge on any atom is 0.363 e. The van der Waals surface area contributed by atoms with Crippen molar-refractivity contribution >= 4 is 21.2 Å². The van der Waals surface area contributed by atoms with Crippen molar-refractivity contribution < 1.29 is 13.0 Å². The van der Waals surface area contributed by atoms with Crippen LogP contribution in [0.5, 0.6) is 0 Å².